The number of nitrogens with one attached hydrogen (secondary N) is 2. The Hall–Kier alpha value is -2.37. The molecule has 1 atom stereocenters. The van der Waals surface area contributed by atoms with E-state index in [1.54, 1.807) is 39.2 Å². The molecule has 0 saturated carbocycles. The number of ether oxygens (including phenoxy) is 1. The largest absolute Gasteiger partial charge is 0.463 e. The van der Waals surface area contributed by atoms with Gasteiger partial charge >= 0.3 is 5.97 Å². The van der Waals surface area contributed by atoms with Crippen LogP contribution in [0.1, 0.15) is 31.1 Å². The number of hydrogen-bond donors (Lipinski definition) is 2. The quantitative estimate of drug-likeness (QED) is 0.823. The van der Waals surface area contributed by atoms with Crippen LogP contribution in [0.5, 0.6) is 0 Å². The predicted octanol–water partition coefficient (Wildman–Crippen LogP) is 1.88. The van der Waals surface area contributed by atoms with Crippen LogP contribution in [0.15, 0.2) is 24.5 Å². The molecule has 0 saturated heterocycles. The Morgan fingerprint density at radius 3 is 2.86 bits per heavy atom. The van der Waals surface area contributed by atoms with E-state index in [1.807, 2.05) is 6.07 Å². The highest BCUT2D eigenvalue weighted by molar-refractivity contribution is 6.05. The minimum absolute atomic E-state index is 0.159. The summed E-state index contributed by atoms with van der Waals surface area (Å²) in [6, 6.07) is 3.65. The number of fused-ring (bicyclic) bond motifs is 1. The zero-order valence-corrected chi connectivity index (χ0v) is 12.3. The van der Waals surface area contributed by atoms with E-state index >= 15 is 0 Å². The number of carbonyl (C=O) groups is 2. The van der Waals surface area contributed by atoms with Crippen molar-refractivity contribution < 1.29 is 14.3 Å². The average molecular weight is 289 g/mol. The van der Waals surface area contributed by atoms with Gasteiger partial charge in [-0.2, -0.15) is 0 Å². The summed E-state index contributed by atoms with van der Waals surface area (Å²) >= 11 is 0. The molecular weight excluding hydrogens is 270 g/mol. The molecule has 0 fully saturated rings. The molecule has 6 heteroatoms. The first-order chi connectivity index (χ1) is 9.99. The number of nitrogens with zero attached hydrogens (tertiary/aromatic N) is 1. The van der Waals surface area contributed by atoms with Crippen molar-refractivity contribution in [3.8, 4) is 0 Å². The van der Waals surface area contributed by atoms with Gasteiger partial charge in [-0.3, -0.25) is 14.6 Å². The number of amides is 1. The molecular formula is C15H19N3O3. The Balaban J connectivity index is 1.97. The lowest BCUT2D eigenvalue weighted by molar-refractivity contribution is -0.151. The van der Waals surface area contributed by atoms with Gasteiger partial charge in [0.1, 0.15) is 5.52 Å². The third-order valence-electron chi connectivity index (χ3n) is 3.00. The SMILES string of the molecule is CC(C)OC(=O)[C@@H](C)CNC(=O)c1c[nH]c2cccnc12. The molecule has 6 nitrogen and oxygen atoms in total. The lowest BCUT2D eigenvalue weighted by atomic mass is 10.1. The molecule has 21 heavy (non-hydrogen) atoms. The summed E-state index contributed by atoms with van der Waals surface area (Å²) in [7, 11) is 0. The maximum absolute atomic E-state index is 12.1. The van der Waals surface area contributed by atoms with Crippen molar-refractivity contribution in [3.05, 3.63) is 30.1 Å². The van der Waals surface area contributed by atoms with Crippen LogP contribution in [0.4, 0.5) is 0 Å². The fourth-order valence-corrected chi connectivity index (χ4v) is 1.90. The number of rotatable bonds is 5. The molecule has 0 aliphatic carbocycles. The monoisotopic (exact) mass is 289 g/mol. The molecule has 2 rings (SSSR count). The fourth-order valence-electron chi connectivity index (χ4n) is 1.90. The number of esters is 1. The average Bonchev–Trinajstić information content (AvgIpc) is 2.87. The topological polar surface area (TPSA) is 84.1 Å². The molecule has 0 aromatic carbocycles. The number of hydrogen-bond acceptors (Lipinski definition) is 4. The van der Waals surface area contributed by atoms with Gasteiger partial charge < -0.3 is 15.0 Å². The molecule has 0 spiro atoms. The van der Waals surface area contributed by atoms with E-state index in [9.17, 15) is 9.59 Å². The highest BCUT2D eigenvalue weighted by atomic mass is 16.5. The molecule has 0 bridgehead atoms. The molecule has 112 valence electrons. The third kappa shape index (κ3) is 3.59. The molecule has 1 amide bonds. The first-order valence-electron chi connectivity index (χ1n) is 6.90. The maximum Gasteiger partial charge on any atom is 0.310 e. The van der Waals surface area contributed by atoms with Gasteiger partial charge in [-0.1, -0.05) is 6.92 Å². The summed E-state index contributed by atoms with van der Waals surface area (Å²) in [4.78, 5) is 31.0. The first-order valence-corrected chi connectivity index (χ1v) is 6.90. The number of carbonyl (C=O) groups excluding carboxylic acids is 2. The zero-order valence-electron chi connectivity index (χ0n) is 12.3. The van der Waals surface area contributed by atoms with Crippen molar-refractivity contribution in [2.75, 3.05) is 6.54 Å². The summed E-state index contributed by atoms with van der Waals surface area (Å²) in [6.45, 7) is 5.53. The maximum atomic E-state index is 12.1. The Labute approximate surface area is 122 Å². The Kier molecular flexibility index (Phi) is 4.57. The van der Waals surface area contributed by atoms with E-state index in [0.717, 1.165) is 5.52 Å². The summed E-state index contributed by atoms with van der Waals surface area (Å²) in [5.41, 5.74) is 1.89. The van der Waals surface area contributed by atoms with Crippen LogP contribution in [0.25, 0.3) is 11.0 Å². The van der Waals surface area contributed by atoms with E-state index in [1.165, 1.54) is 0 Å². The van der Waals surface area contributed by atoms with Crippen LogP contribution in [0, 0.1) is 5.92 Å². The molecule has 0 unspecified atom stereocenters. The van der Waals surface area contributed by atoms with E-state index in [2.05, 4.69) is 15.3 Å². The van der Waals surface area contributed by atoms with Crippen molar-refractivity contribution in [2.45, 2.75) is 26.9 Å². The van der Waals surface area contributed by atoms with Gasteiger partial charge in [-0.05, 0) is 26.0 Å². The number of pyridine rings is 1. The van der Waals surface area contributed by atoms with E-state index in [-0.39, 0.29) is 24.5 Å². The van der Waals surface area contributed by atoms with Crippen LogP contribution in [0.3, 0.4) is 0 Å². The molecule has 2 N–H and O–H groups in total. The minimum Gasteiger partial charge on any atom is -0.463 e. The van der Waals surface area contributed by atoms with Gasteiger partial charge in [-0.25, -0.2) is 0 Å². The second-order valence-electron chi connectivity index (χ2n) is 5.20. The van der Waals surface area contributed by atoms with Gasteiger partial charge in [0.15, 0.2) is 0 Å². The second kappa shape index (κ2) is 6.39. The van der Waals surface area contributed by atoms with Crippen LogP contribution in [-0.2, 0) is 9.53 Å². The molecule has 2 heterocycles. The summed E-state index contributed by atoms with van der Waals surface area (Å²) in [6.07, 6.45) is 3.09. The van der Waals surface area contributed by atoms with Gasteiger partial charge in [0.05, 0.1) is 23.1 Å². The Morgan fingerprint density at radius 2 is 2.14 bits per heavy atom. The number of aromatic amines is 1. The molecule has 0 aliphatic rings. The van der Waals surface area contributed by atoms with Crippen LogP contribution < -0.4 is 5.32 Å². The van der Waals surface area contributed by atoms with Crippen molar-refractivity contribution in [1.29, 1.82) is 0 Å². The van der Waals surface area contributed by atoms with Crippen LogP contribution >= 0.6 is 0 Å². The Bertz CT molecular complexity index is 648. The van der Waals surface area contributed by atoms with Crippen molar-refractivity contribution in [3.63, 3.8) is 0 Å². The second-order valence-corrected chi connectivity index (χ2v) is 5.20. The van der Waals surface area contributed by atoms with Gasteiger partial charge in [0, 0.05) is 18.9 Å². The number of aromatic nitrogens is 2. The summed E-state index contributed by atoms with van der Waals surface area (Å²) in [5, 5.41) is 2.73. The summed E-state index contributed by atoms with van der Waals surface area (Å²) in [5.74, 6) is -0.971. The highest BCUT2D eigenvalue weighted by Gasteiger charge is 2.18. The minimum atomic E-state index is -0.394. The van der Waals surface area contributed by atoms with Crippen molar-refractivity contribution in [1.82, 2.24) is 15.3 Å². The predicted molar refractivity (Wildman–Crippen MR) is 78.8 cm³/mol. The fraction of sp³-hybridized carbons (Fsp3) is 0.400. The molecule has 0 radical (unpaired) electrons. The Morgan fingerprint density at radius 1 is 1.38 bits per heavy atom. The van der Waals surface area contributed by atoms with Crippen molar-refractivity contribution >= 4 is 22.9 Å². The number of H-pyrrole nitrogens is 1. The molecule has 2 aromatic heterocycles. The standard InChI is InChI=1S/C15H19N3O3/c1-9(2)21-15(20)10(3)7-18-14(19)11-8-17-12-5-4-6-16-13(11)12/h4-6,8-10,17H,7H2,1-3H3,(H,18,19)/t10-/m0/s1. The molecule has 0 aliphatic heterocycles. The normalized spacial score (nSPS) is 12.4. The lowest BCUT2D eigenvalue weighted by Gasteiger charge is -2.14. The lowest BCUT2D eigenvalue weighted by Crippen LogP contribution is -2.33. The van der Waals surface area contributed by atoms with Crippen molar-refractivity contribution in [2.24, 2.45) is 5.92 Å². The van der Waals surface area contributed by atoms with E-state index in [4.69, 9.17) is 4.74 Å². The van der Waals surface area contributed by atoms with E-state index in [0.29, 0.717) is 11.1 Å². The van der Waals surface area contributed by atoms with Crippen LogP contribution in [-0.4, -0.2) is 34.5 Å². The molecule has 2 aromatic rings. The first kappa shape index (κ1) is 15.0. The summed E-state index contributed by atoms with van der Waals surface area (Å²) < 4.78 is 5.10. The third-order valence-corrected chi connectivity index (χ3v) is 3.00. The van der Waals surface area contributed by atoms with E-state index < -0.39 is 5.92 Å². The smallest absolute Gasteiger partial charge is 0.310 e. The zero-order chi connectivity index (χ0) is 15.4. The highest BCUT2D eigenvalue weighted by Crippen LogP contribution is 2.14. The van der Waals surface area contributed by atoms with Crippen LogP contribution in [0.2, 0.25) is 0 Å². The van der Waals surface area contributed by atoms with Gasteiger partial charge in [0.25, 0.3) is 5.91 Å². The van der Waals surface area contributed by atoms with Gasteiger partial charge in [-0.15, -0.1) is 0 Å². The van der Waals surface area contributed by atoms with Gasteiger partial charge in [0.2, 0.25) is 0 Å².